The zero-order chi connectivity index (χ0) is 14.1. The van der Waals surface area contributed by atoms with E-state index in [0.29, 0.717) is 24.4 Å². The van der Waals surface area contributed by atoms with Crippen LogP contribution in [0.15, 0.2) is 22.8 Å². The van der Waals surface area contributed by atoms with Gasteiger partial charge in [0.05, 0.1) is 12.8 Å². The van der Waals surface area contributed by atoms with Gasteiger partial charge in [-0.25, -0.2) is 0 Å². The maximum absolute atomic E-state index is 12.6. The zero-order valence-corrected chi connectivity index (χ0v) is 12.1. The molecule has 0 saturated heterocycles. The molecule has 2 aliphatic carbocycles. The molecule has 110 valence electrons. The highest BCUT2D eigenvalue weighted by atomic mass is 16.3. The first-order valence-electron chi connectivity index (χ1n) is 7.68. The van der Waals surface area contributed by atoms with Gasteiger partial charge in [0.1, 0.15) is 5.76 Å². The SMILES string of the molecule is CN(Cc1ccco1)C(=O)C1CC2CCCC(C1)C2N. The summed E-state index contributed by atoms with van der Waals surface area (Å²) < 4.78 is 5.32. The molecule has 2 aliphatic rings. The average molecular weight is 276 g/mol. The molecule has 2 bridgehead atoms. The minimum Gasteiger partial charge on any atom is -0.467 e. The molecule has 3 rings (SSSR count). The summed E-state index contributed by atoms with van der Waals surface area (Å²) in [5.41, 5.74) is 6.29. The smallest absolute Gasteiger partial charge is 0.225 e. The summed E-state index contributed by atoms with van der Waals surface area (Å²) in [6.07, 6.45) is 7.27. The van der Waals surface area contributed by atoms with Gasteiger partial charge in [-0.2, -0.15) is 0 Å². The van der Waals surface area contributed by atoms with Crippen molar-refractivity contribution < 1.29 is 9.21 Å². The Morgan fingerprint density at radius 3 is 2.70 bits per heavy atom. The molecule has 0 radical (unpaired) electrons. The Morgan fingerprint density at radius 1 is 1.40 bits per heavy atom. The van der Waals surface area contributed by atoms with Crippen molar-refractivity contribution >= 4 is 5.91 Å². The van der Waals surface area contributed by atoms with Crippen LogP contribution in [0, 0.1) is 17.8 Å². The number of amides is 1. The van der Waals surface area contributed by atoms with E-state index in [2.05, 4.69) is 0 Å². The fourth-order valence-electron chi connectivity index (χ4n) is 4.02. The van der Waals surface area contributed by atoms with E-state index in [9.17, 15) is 4.79 Å². The standard InChI is InChI=1S/C16H24N2O2/c1-18(10-14-6-3-7-20-14)16(19)13-8-11-4-2-5-12(9-13)15(11)17/h3,6-7,11-13,15H,2,4-5,8-10,17H2,1H3. The number of hydrogen-bond acceptors (Lipinski definition) is 3. The molecule has 20 heavy (non-hydrogen) atoms. The van der Waals surface area contributed by atoms with Gasteiger partial charge in [-0.1, -0.05) is 6.42 Å². The minimum absolute atomic E-state index is 0.157. The van der Waals surface area contributed by atoms with E-state index in [1.54, 1.807) is 11.2 Å². The lowest BCUT2D eigenvalue weighted by molar-refractivity contribution is -0.138. The Bertz CT molecular complexity index is 443. The van der Waals surface area contributed by atoms with Gasteiger partial charge >= 0.3 is 0 Å². The van der Waals surface area contributed by atoms with Crippen LogP contribution in [0.3, 0.4) is 0 Å². The Kier molecular flexibility index (Phi) is 3.83. The van der Waals surface area contributed by atoms with E-state index in [1.165, 1.54) is 19.3 Å². The van der Waals surface area contributed by atoms with Crippen LogP contribution in [0.4, 0.5) is 0 Å². The van der Waals surface area contributed by atoms with Crippen molar-refractivity contribution in [2.75, 3.05) is 7.05 Å². The second-order valence-corrected chi connectivity index (χ2v) is 6.47. The molecule has 0 aromatic carbocycles. The predicted molar refractivity (Wildman–Crippen MR) is 76.7 cm³/mol. The second-order valence-electron chi connectivity index (χ2n) is 6.47. The number of nitrogens with two attached hydrogens (primary N) is 1. The summed E-state index contributed by atoms with van der Waals surface area (Å²) in [6, 6.07) is 4.09. The number of fused-ring (bicyclic) bond motifs is 2. The molecule has 2 atom stereocenters. The Labute approximate surface area is 120 Å². The third kappa shape index (κ3) is 2.62. The molecule has 0 spiro atoms. The van der Waals surface area contributed by atoms with E-state index >= 15 is 0 Å². The first kappa shape index (κ1) is 13.7. The van der Waals surface area contributed by atoms with Crippen LogP contribution in [0.1, 0.15) is 37.9 Å². The molecule has 2 unspecified atom stereocenters. The van der Waals surface area contributed by atoms with Gasteiger partial charge in [-0.05, 0) is 49.7 Å². The van der Waals surface area contributed by atoms with Crippen LogP contribution >= 0.6 is 0 Å². The first-order chi connectivity index (χ1) is 9.65. The average Bonchev–Trinajstić information content (AvgIpc) is 2.90. The Balaban J connectivity index is 1.62. The molecule has 0 aliphatic heterocycles. The summed E-state index contributed by atoms with van der Waals surface area (Å²) in [5.74, 6) is 2.35. The van der Waals surface area contributed by atoms with Gasteiger partial charge in [0.25, 0.3) is 0 Å². The Hall–Kier alpha value is -1.29. The molecule has 1 aromatic rings. The van der Waals surface area contributed by atoms with E-state index in [4.69, 9.17) is 10.2 Å². The van der Waals surface area contributed by atoms with Crippen molar-refractivity contribution in [3.8, 4) is 0 Å². The van der Waals surface area contributed by atoms with Crippen LogP contribution in [-0.4, -0.2) is 23.9 Å². The minimum atomic E-state index is 0.157. The van der Waals surface area contributed by atoms with Gasteiger partial charge in [0.2, 0.25) is 5.91 Å². The number of furan rings is 1. The largest absolute Gasteiger partial charge is 0.467 e. The third-order valence-electron chi connectivity index (χ3n) is 5.11. The topological polar surface area (TPSA) is 59.5 Å². The monoisotopic (exact) mass is 276 g/mol. The highest BCUT2D eigenvalue weighted by Crippen LogP contribution is 2.42. The summed E-state index contributed by atoms with van der Waals surface area (Å²) in [4.78, 5) is 14.4. The molecular formula is C16H24N2O2. The second kappa shape index (κ2) is 5.60. The van der Waals surface area contributed by atoms with Crippen LogP contribution in [0.5, 0.6) is 0 Å². The van der Waals surface area contributed by atoms with Crippen molar-refractivity contribution in [3.05, 3.63) is 24.2 Å². The third-order valence-corrected chi connectivity index (χ3v) is 5.11. The van der Waals surface area contributed by atoms with Gasteiger partial charge < -0.3 is 15.1 Å². The summed E-state index contributed by atoms with van der Waals surface area (Å²) in [5, 5.41) is 0. The summed E-state index contributed by atoms with van der Waals surface area (Å²) in [6.45, 7) is 0.559. The lowest BCUT2D eigenvalue weighted by atomic mass is 9.65. The van der Waals surface area contributed by atoms with Gasteiger partial charge in [-0.3, -0.25) is 4.79 Å². The van der Waals surface area contributed by atoms with Crippen molar-refractivity contribution in [1.82, 2.24) is 4.90 Å². The number of hydrogen-bond donors (Lipinski definition) is 1. The normalized spacial score (nSPS) is 32.9. The fourth-order valence-corrected chi connectivity index (χ4v) is 4.02. The highest BCUT2D eigenvalue weighted by molar-refractivity contribution is 5.78. The van der Waals surface area contributed by atoms with Crippen LogP contribution in [0.2, 0.25) is 0 Å². The molecule has 1 aromatic heterocycles. The van der Waals surface area contributed by atoms with Crippen LogP contribution < -0.4 is 5.73 Å². The van der Waals surface area contributed by atoms with Crippen molar-refractivity contribution in [2.24, 2.45) is 23.5 Å². The summed E-state index contributed by atoms with van der Waals surface area (Å²) >= 11 is 0. The molecule has 1 heterocycles. The zero-order valence-electron chi connectivity index (χ0n) is 12.1. The highest BCUT2D eigenvalue weighted by Gasteiger charge is 2.41. The molecule has 2 fully saturated rings. The van der Waals surface area contributed by atoms with E-state index in [0.717, 1.165) is 18.6 Å². The number of rotatable bonds is 3. The first-order valence-corrected chi connectivity index (χ1v) is 7.68. The number of nitrogens with zero attached hydrogens (tertiary/aromatic N) is 1. The lowest BCUT2D eigenvalue weighted by Crippen LogP contribution is -2.49. The van der Waals surface area contributed by atoms with Crippen LogP contribution in [0.25, 0.3) is 0 Å². The van der Waals surface area contributed by atoms with Gasteiger partial charge in [-0.15, -0.1) is 0 Å². The van der Waals surface area contributed by atoms with Crippen molar-refractivity contribution in [3.63, 3.8) is 0 Å². The molecular weight excluding hydrogens is 252 g/mol. The molecule has 2 N–H and O–H groups in total. The van der Waals surface area contributed by atoms with E-state index in [-0.39, 0.29) is 11.8 Å². The fraction of sp³-hybridized carbons (Fsp3) is 0.688. The van der Waals surface area contributed by atoms with E-state index in [1.807, 2.05) is 19.2 Å². The van der Waals surface area contributed by atoms with Crippen molar-refractivity contribution in [1.29, 1.82) is 0 Å². The summed E-state index contributed by atoms with van der Waals surface area (Å²) in [7, 11) is 1.87. The number of carbonyl (C=O) groups excluding carboxylic acids is 1. The Morgan fingerprint density at radius 2 is 2.10 bits per heavy atom. The van der Waals surface area contributed by atoms with E-state index < -0.39 is 0 Å². The number of carbonyl (C=O) groups is 1. The maximum atomic E-state index is 12.6. The predicted octanol–water partition coefficient (Wildman–Crippen LogP) is 2.39. The van der Waals surface area contributed by atoms with Gasteiger partial charge in [0, 0.05) is 19.0 Å². The molecule has 4 heteroatoms. The van der Waals surface area contributed by atoms with Crippen molar-refractivity contribution in [2.45, 2.75) is 44.7 Å². The molecule has 1 amide bonds. The maximum Gasteiger partial charge on any atom is 0.225 e. The molecule has 4 nitrogen and oxygen atoms in total. The quantitative estimate of drug-likeness (QED) is 0.922. The molecule has 2 saturated carbocycles. The van der Waals surface area contributed by atoms with Crippen LogP contribution in [-0.2, 0) is 11.3 Å². The lowest BCUT2D eigenvalue weighted by Gasteiger charge is -2.44. The van der Waals surface area contributed by atoms with Gasteiger partial charge in [0.15, 0.2) is 0 Å².